The molecule has 1 atom stereocenters. The van der Waals surface area contributed by atoms with Crippen LogP contribution in [0, 0.1) is 17.5 Å². The van der Waals surface area contributed by atoms with E-state index in [4.69, 9.17) is 4.42 Å². The van der Waals surface area contributed by atoms with Gasteiger partial charge in [-0.2, -0.15) is 0 Å². The molecule has 0 radical (unpaired) electrons. The van der Waals surface area contributed by atoms with Gasteiger partial charge in [0.15, 0.2) is 0 Å². The van der Waals surface area contributed by atoms with Crippen LogP contribution in [0.1, 0.15) is 37.0 Å². The van der Waals surface area contributed by atoms with Crippen molar-refractivity contribution in [3.05, 3.63) is 58.8 Å². The Labute approximate surface area is 115 Å². The molecular weight excluding hydrogens is 267 g/mol. The molecule has 1 N–H and O–H groups in total. The summed E-state index contributed by atoms with van der Waals surface area (Å²) in [5.74, 6) is -1.66. The normalized spacial score (nSPS) is 12.7. The Hall–Kier alpha value is -1.75. The van der Waals surface area contributed by atoms with Crippen LogP contribution in [-0.2, 0) is 6.42 Å². The summed E-state index contributed by atoms with van der Waals surface area (Å²) in [5, 5.41) is 2.96. The van der Waals surface area contributed by atoms with E-state index in [1.54, 1.807) is 12.1 Å². The Morgan fingerprint density at radius 3 is 2.25 bits per heavy atom. The zero-order chi connectivity index (χ0) is 14.7. The van der Waals surface area contributed by atoms with Gasteiger partial charge >= 0.3 is 0 Å². The third kappa shape index (κ3) is 2.88. The van der Waals surface area contributed by atoms with Gasteiger partial charge in [0.2, 0.25) is 0 Å². The van der Waals surface area contributed by atoms with E-state index in [2.05, 4.69) is 5.32 Å². The van der Waals surface area contributed by atoms with Crippen molar-refractivity contribution < 1.29 is 17.6 Å². The van der Waals surface area contributed by atoms with Gasteiger partial charge in [-0.15, -0.1) is 0 Å². The lowest BCUT2D eigenvalue weighted by atomic mass is 10.0. The van der Waals surface area contributed by atoms with Crippen molar-refractivity contribution in [2.45, 2.75) is 26.3 Å². The molecule has 0 aliphatic heterocycles. The smallest absolute Gasteiger partial charge is 0.134 e. The molecule has 5 heteroatoms. The zero-order valence-electron chi connectivity index (χ0n) is 11.3. The summed E-state index contributed by atoms with van der Waals surface area (Å²) >= 11 is 0. The molecule has 108 valence electrons. The van der Waals surface area contributed by atoms with Crippen LogP contribution in [0.5, 0.6) is 0 Å². The highest BCUT2D eigenvalue weighted by molar-refractivity contribution is 5.30. The van der Waals surface area contributed by atoms with Crippen molar-refractivity contribution in [2.24, 2.45) is 0 Å². The highest BCUT2D eigenvalue weighted by Gasteiger charge is 2.25. The molecule has 1 heterocycles. The van der Waals surface area contributed by atoms with Crippen LogP contribution >= 0.6 is 0 Å². The molecule has 0 spiro atoms. The highest BCUT2D eigenvalue weighted by Crippen LogP contribution is 2.29. The molecule has 20 heavy (non-hydrogen) atoms. The maximum absolute atomic E-state index is 13.9. The summed E-state index contributed by atoms with van der Waals surface area (Å²) in [6, 6.07) is 4.01. The molecule has 2 aromatic rings. The van der Waals surface area contributed by atoms with E-state index in [0.29, 0.717) is 30.9 Å². The van der Waals surface area contributed by atoms with Crippen molar-refractivity contribution in [3.8, 4) is 0 Å². The molecule has 2 nitrogen and oxygen atoms in total. The molecule has 0 saturated heterocycles. The largest absolute Gasteiger partial charge is 0.464 e. The Kier molecular flexibility index (Phi) is 4.49. The van der Waals surface area contributed by atoms with Crippen LogP contribution in [0.15, 0.2) is 28.7 Å². The molecule has 0 saturated carbocycles. The lowest BCUT2D eigenvalue weighted by molar-refractivity contribution is 0.406. The highest BCUT2D eigenvalue weighted by atomic mass is 19.1. The van der Waals surface area contributed by atoms with Crippen LogP contribution in [0.25, 0.3) is 0 Å². The van der Waals surface area contributed by atoms with Crippen LogP contribution < -0.4 is 5.32 Å². The maximum Gasteiger partial charge on any atom is 0.134 e. The minimum Gasteiger partial charge on any atom is -0.464 e. The fraction of sp³-hybridized carbons (Fsp3) is 0.333. The molecule has 0 fully saturated rings. The minimum atomic E-state index is -0.937. The van der Waals surface area contributed by atoms with Gasteiger partial charge < -0.3 is 9.73 Å². The quantitative estimate of drug-likeness (QED) is 0.898. The first-order valence-electron chi connectivity index (χ1n) is 6.53. The van der Waals surface area contributed by atoms with E-state index in [1.807, 2.05) is 13.8 Å². The SMILES string of the molecule is CCNC(c1ccc(CC)o1)c1c(F)cc(F)cc1F. The predicted molar refractivity (Wildman–Crippen MR) is 69.9 cm³/mol. The van der Waals surface area contributed by atoms with Crippen LogP contribution in [-0.4, -0.2) is 6.54 Å². The van der Waals surface area contributed by atoms with Gasteiger partial charge in [-0.3, -0.25) is 0 Å². The standard InChI is InChI=1S/C15H16F3NO/c1-3-10-5-6-13(20-10)15(19-4-2)14-11(17)7-9(16)8-12(14)18/h5-8,15,19H,3-4H2,1-2H3. The Bertz CT molecular complexity index is 572. The van der Waals surface area contributed by atoms with E-state index in [1.165, 1.54) is 0 Å². The average molecular weight is 283 g/mol. The summed E-state index contributed by atoms with van der Waals surface area (Å²) in [5.41, 5.74) is -0.231. The Morgan fingerprint density at radius 2 is 1.75 bits per heavy atom. The van der Waals surface area contributed by atoms with Crippen molar-refractivity contribution in [2.75, 3.05) is 6.54 Å². The number of hydrogen-bond donors (Lipinski definition) is 1. The number of hydrogen-bond acceptors (Lipinski definition) is 2. The molecule has 0 bridgehead atoms. The van der Waals surface area contributed by atoms with Crippen LogP contribution in [0.3, 0.4) is 0 Å². The van der Waals surface area contributed by atoms with Gasteiger partial charge in [0.1, 0.15) is 29.0 Å². The van der Waals surface area contributed by atoms with Gasteiger partial charge in [0.25, 0.3) is 0 Å². The second-order valence-electron chi connectivity index (χ2n) is 4.43. The zero-order valence-corrected chi connectivity index (χ0v) is 11.3. The average Bonchev–Trinajstić information content (AvgIpc) is 2.85. The fourth-order valence-electron chi connectivity index (χ4n) is 2.12. The van der Waals surface area contributed by atoms with Crippen LogP contribution in [0.2, 0.25) is 0 Å². The fourth-order valence-corrected chi connectivity index (χ4v) is 2.12. The van der Waals surface area contributed by atoms with E-state index >= 15 is 0 Å². The van der Waals surface area contributed by atoms with Crippen molar-refractivity contribution >= 4 is 0 Å². The molecule has 0 aliphatic rings. The molecule has 1 aromatic carbocycles. The first-order valence-corrected chi connectivity index (χ1v) is 6.53. The Balaban J connectivity index is 2.48. The van der Waals surface area contributed by atoms with E-state index in [-0.39, 0.29) is 5.56 Å². The molecular formula is C15H16F3NO. The van der Waals surface area contributed by atoms with Crippen molar-refractivity contribution in [1.82, 2.24) is 5.32 Å². The number of halogens is 3. The van der Waals surface area contributed by atoms with E-state index in [0.717, 1.165) is 5.76 Å². The summed E-state index contributed by atoms with van der Waals surface area (Å²) in [6.07, 6.45) is 0.688. The minimum absolute atomic E-state index is 0.231. The second-order valence-corrected chi connectivity index (χ2v) is 4.43. The van der Waals surface area contributed by atoms with Gasteiger partial charge in [0.05, 0.1) is 6.04 Å². The maximum atomic E-state index is 13.9. The molecule has 0 amide bonds. The molecule has 2 rings (SSSR count). The first-order chi connectivity index (χ1) is 9.56. The monoisotopic (exact) mass is 283 g/mol. The van der Waals surface area contributed by atoms with Gasteiger partial charge in [0, 0.05) is 24.1 Å². The third-order valence-corrected chi connectivity index (χ3v) is 3.06. The first kappa shape index (κ1) is 14.7. The van der Waals surface area contributed by atoms with Gasteiger partial charge in [-0.1, -0.05) is 13.8 Å². The summed E-state index contributed by atoms with van der Waals surface area (Å²) in [4.78, 5) is 0. The van der Waals surface area contributed by atoms with Crippen molar-refractivity contribution in [1.29, 1.82) is 0 Å². The summed E-state index contributed by atoms with van der Waals surface area (Å²) in [7, 11) is 0. The van der Waals surface area contributed by atoms with Crippen LogP contribution in [0.4, 0.5) is 13.2 Å². The van der Waals surface area contributed by atoms with E-state index in [9.17, 15) is 13.2 Å². The number of rotatable bonds is 5. The lowest BCUT2D eigenvalue weighted by Crippen LogP contribution is -2.24. The number of furan rings is 1. The second kappa shape index (κ2) is 6.13. The number of nitrogens with one attached hydrogen (secondary N) is 1. The molecule has 1 aromatic heterocycles. The predicted octanol–water partition coefficient (Wildman–Crippen LogP) is 3.96. The summed E-state index contributed by atoms with van der Waals surface area (Å²) in [6.45, 7) is 4.23. The Morgan fingerprint density at radius 1 is 1.10 bits per heavy atom. The van der Waals surface area contributed by atoms with Gasteiger partial charge in [-0.25, -0.2) is 13.2 Å². The van der Waals surface area contributed by atoms with Gasteiger partial charge in [-0.05, 0) is 18.7 Å². The topological polar surface area (TPSA) is 25.2 Å². The number of aryl methyl sites for hydroxylation is 1. The lowest BCUT2D eigenvalue weighted by Gasteiger charge is -2.17. The third-order valence-electron chi connectivity index (χ3n) is 3.06. The summed E-state index contributed by atoms with van der Waals surface area (Å²) < 4.78 is 46.3. The molecule has 1 unspecified atom stereocenters. The van der Waals surface area contributed by atoms with E-state index < -0.39 is 23.5 Å². The molecule has 0 aliphatic carbocycles. The van der Waals surface area contributed by atoms with Crippen molar-refractivity contribution in [3.63, 3.8) is 0 Å². The number of benzene rings is 1.